The van der Waals surface area contributed by atoms with Gasteiger partial charge in [-0.25, -0.2) is 4.79 Å². The molecule has 7 heteroatoms. The highest BCUT2D eigenvalue weighted by Gasteiger charge is 2.24. The van der Waals surface area contributed by atoms with Gasteiger partial charge in [-0.1, -0.05) is 0 Å². The first-order valence-corrected chi connectivity index (χ1v) is 6.37. The first kappa shape index (κ1) is 15.3. The summed E-state index contributed by atoms with van der Waals surface area (Å²) in [6.45, 7) is 1.69. The second kappa shape index (κ2) is 6.96. The number of carbonyl (C=O) groups excluding carboxylic acids is 2. The molecule has 1 saturated heterocycles. The predicted molar refractivity (Wildman–Crippen MR) is 68.7 cm³/mol. The van der Waals surface area contributed by atoms with E-state index in [1.54, 1.807) is 19.0 Å². The van der Waals surface area contributed by atoms with Crippen molar-refractivity contribution >= 4 is 17.9 Å². The molecule has 0 bridgehead atoms. The Kier molecular flexibility index (Phi) is 5.59. The van der Waals surface area contributed by atoms with Gasteiger partial charge in [-0.15, -0.1) is 0 Å². The minimum atomic E-state index is -0.868. The van der Waals surface area contributed by atoms with E-state index >= 15 is 0 Å². The van der Waals surface area contributed by atoms with Crippen molar-refractivity contribution in [3.8, 4) is 0 Å². The van der Waals surface area contributed by atoms with Crippen LogP contribution >= 0.6 is 0 Å². The molecule has 0 radical (unpaired) electrons. The zero-order chi connectivity index (χ0) is 14.4. The second-order valence-electron chi connectivity index (χ2n) is 4.79. The number of rotatable bonds is 4. The molecule has 0 aliphatic carbocycles. The highest BCUT2D eigenvalue weighted by atomic mass is 16.4. The lowest BCUT2D eigenvalue weighted by molar-refractivity contribution is -0.137. The molecule has 1 N–H and O–H groups in total. The van der Waals surface area contributed by atoms with Crippen molar-refractivity contribution in [2.45, 2.75) is 19.3 Å². The molecule has 1 aliphatic rings. The van der Waals surface area contributed by atoms with Crippen molar-refractivity contribution in [1.29, 1.82) is 0 Å². The third kappa shape index (κ3) is 4.76. The Balaban J connectivity index is 2.46. The van der Waals surface area contributed by atoms with Gasteiger partial charge in [-0.2, -0.15) is 0 Å². The van der Waals surface area contributed by atoms with Crippen LogP contribution in [-0.2, 0) is 9.59 Å². The SMILES string of the molecule is CN1CCCN(C(=O)N(C)CCCC(=O)O)CC1=O. The van der Waals surface area contributed by atoms with Crippen LogP contribution in [0.1, 0.15) is 19.3 Å². The molecule has 3 amide bonds. The lowest BCUT2D eigenvalue weighted by Crippen LogP contribution is -2.44. The van der Waals surface area contributed by atoms with Crippen molar-refractivity contribution in [3.05, 3.63) is 0 Å². The Bertz CT molecular complexity index is 359. The lowest BCUT2D eigenvalue weighted by atomic mass is 10.3. The second-order valence-corrected chi connectivity index (χ2v) is 4.79. The van der Waals surface area contributed by atoms with Crippen molar-refractivity contribution in [3.63, 3.8) is 0 Å². The molecule has 19 heavy (non-hydrogen) atoms. The summed E-state index contributed by atoms with van der Waals surface area (Å²) in [5, 5.41) is 8.55. The van der Waals surface area contributed by atoms with Crippen LogP contribution in [0, 0.1) is 0 Å². The molecule has 0 spiro atoms. The summed E-state index contributed by atoms with van der Waals surface area (Å²) in [6.07, 6.45) is 1.22. The summed E-state index contributed by atoms with van der Waals surface area (Å²) in [4.78, 5) is 38.8. The third-order valence-corrected chi connectivity index (χ3v) is 3.15. The molecule has 0 unspecified atom stereocenters. The normalized spacial score (nSPS) is 16.2. The van der Waals surface area contributed by atoms with Gasteiger partial charge >= 0.3 is 12.0 Å². The lowest BCUT2D eigenvalue weighted by Gasteiger charge is -2.26. The standard InChI is InChI=1S/C12H21N3O4/c1-13-7-4-8-15(9-10(13)16)12(19)14(2)6-3-5-11(17)18/h3-9H2,1-2H3,(H,17,18). The molecule has 108 valence electrons. The number of urea groups is 1. The predicted octanol–water partition coefficient (Wildman–Crippen LogP) is 0.0671. The topological polar surface area (TPSA) is 81.2 Å². The van der Waals surface area contributed by atoms with Crippen LogP contribution < -0.4 is 0 Å². The fourth-order valence-corrected chi connectivity index (χ4v) is 1.95. The highest BCUT2D eigenvalue weighted by Crippen LogP contribution is 2.06. The van der Waals surface area contributed by atoms with Gasteiger partial charge in [0, 0.05) is 40.2 Å². The maximum Gasteiger partial charge on any atom is 0.320 e. The van der Waals surface area contributed by atoms with Crippen molar-refractivity contribution in [1.82, 2.24) is 14.7 Å². The maximum atomic E-state index is 12.1. The van der Waals surface area contributed by atoms with E-state index in [0.29, 0.717) is 26.1 Å². The van der Waals surface area contributed by atoms with Gasteiger partial charge in [0.05, 0.1) is 0 Å². The van der Waals surface area contributed by atoms with Crippen LogP contribution in [0.2, 0.25) is 0 Å². The number of carboxylic acids is 1. The average Bonchev–Trinajstić information content (AvgIpc) is 2.50. The minimum Gasteiger partial charge on any atom is -0.481 e. The van der Waals surface area contributed by atoms with E-state index in [9.17, 15) is 14.4 Å². The van der Waals surface area contributed by atoms with E-state index in [0.717, 1.165) is 6.42 Å². The van der Waals surface area contributed by atoms with Gasteiger partial charge in [0.15, 0.2) is 0 Å². The fraction of sp³-hybridized carbons (Fsp3) is 0.750. The molecule has 1 rings (SSSR count). The van der Waals surface area contributed by atoms with E-state index in [-0.39, 0.29) is 24.9 Å². The number of hydrogen-bond donors (Lipinski definition) is 1. The van der Waals surface area contributed by atoms with Crippen LogP contribution in [0.5, 0.6) is 0 Å². The monoisotopic (exact) mass is 271 g/mol. The summed E-state index contributed by atoms with van der Waals surface area (Å²) in [6, 6.07) is -0.214. The van der Waals surface area contributed by atoms with Crippen molar-refractivity contribution < 1.29 is 19.5 Å². The minimum absolute atomic E-state index is 0.0410. The van der Waals surface area contributed by atoms with Gasteiger partial charge in [0.25, 0.3) is 0 Å². The smallest absolute Gasteiger partial charge is 0.320 e. The number of aliphatic carboxylic acids is 1. The van der Waals surface area contributed by atoms with Crippen LogP contribution in [-0.4, -0.2) is 78.0 Å². The molecular formula is C12H21N3O4. The number of amides is 3. The third-order valence-electron chi connectivity index (χ3n) is 3.15. The van der Waals surface area contributed by atoms with E-state index in [1.165, 1.54) is 9.80 Å². The summed E-state index contributed by atoms with van der Waals surface area (Å²) in [5.41, 5.74) is 0. The van der Waals surface area contributed by atoms with Crippen LogP contribution in [0.25, 0.3) is 0 Å². The number of carbonyl (C=O) groups is 3. The summed E-state index contributed by atoms with van der Waals surface area (Å²) < 4.78 is 0. The number of carboxylic acid groups (broad SMARTS) is 1. The molecule has 1 fully saturated rings. The van der Waals surface area contributed by atoms with Gasteiger partial charge in [0.2, 0.25) is 5.91 Å². The molecule has 7 nitrogen and oxygen atoms in total. The Morgan fingerprint density at radius 1 is 1.37 bits per heavy atom. The molecule has 0 aromatic heterocycles. The Labute approximate surface area is 112 Å². The zero-order valence-corrected chi connectivity index (χ0v) is 11.5. The fourth-order valence-electron chi connectivity index (χ4n) is 1.95. The molecule has 0 aromatic rings. The maximum absolute atomic E-state index is 12.1. The van der Waals surface area contributed by atoms with Crippen molar-refractivity contribution in [2.75, 3.05) is 40.3 Å². The summed E-state index contributed by atoms with van der Waals surface area (Å²) in [5.74, 6) is -0.933. The van der Waals surface area contributed by atoms with Gasteiger partial charge in [0.1, 0.15) is 6.54 Å². The molecule has 0 atom stereocenters. The zero-order valence-electron chi connectivity index (χ0n) is 11.5. The van der Waals surface area contributed by atoms with E-state index in [4.69, 9.17) is 5.11 Å². The first-order chi connectivity index (χ1) is 8.91. The number of hydrogen-bond acceptors (Lipinski definition) is 3. The quantitative estimate of drug-likeness (QED) is 0.784. The largest absolute Gasteiger partial charge is 0.481 e. The van der Waals surface area contributed by atoms with Crippen molar-refractivity contribution in [2.24, 2.45) is 0 Å². The van der Waals surface area contributed by atoms with Gasteiger partial charge in [-0.3, -0.25) is 9.59 Å². The van der Waals surface area contributed by atoms with Crippen LogP contribution in [0.3, 0.4) is 0 Å². The summed E-state index contributed by atoms with van der Waals surface area (Å²) in [7, 11) is 3.36. The highest BCUT2D eigenvalue weighted by molar-refractivity contribution is 5.84. The van der Waals surface area contributed by atoms with E-state index in [2.05, 4.69) is 0 Å². The molecule has 0 saturated carbocycles. The first-order valence-electron chi connectivity index (χ1n) is 6.37. The van der Waals surface area contributed by atoms with Crippen LogP contribution in [0.15, 0.2) is 0 Å². The Morgan fingerprint density at radius 2 is 2.05 bits per heavy atom. The molecular weight excluding hydrogens is 250 g/mol. The number of likely N-dealkylation sites (N-methyl/N-ethyl adjacent to an activating group) is 1. The van der Waals surface area contributed by atoms with Gasteiger partial charge in [-0.05, 0) is 12.8 Å². The molecule has 1 heterocycles. The van der Waals surface area contributed by atoms with E-state index in [1.807, 2.05) is 0 Å². The molecule has 0 aromatic carbocycles. The Morgan fingerprint density at radius 3 is 2.68 bits per heavy atom. The average molecular weight is 271 g/mol. The van der Waals surface area contributed by atoms with E-state index < -0.39 is 5.97 Å². The summed E-state index contributed by atoms with van der Waals surface area (Å²) >= 11 is 0. The Hall–Kier alpha value is -1.79. The molecule has 1 aliphatic heterocycles. The number of nitrogens with zero attached hydrogens (tertiary/aromatic N) is 3. The van der Waals surface area contributed by atoms with Gasteiger partial charge < -0.3 is 19.8 Å². The van der Waals surface area contributed by atoms with Crippen LogP contribution in [0.4, 0.5) is 4.79 Å².